The molecule has 10 nitrogen and oxygen atoms in total. The van der Waals surface area contributed by atoms with Crippen molar-refractivity contribution in [3.63, 3.8) is 0 Å². The average Bonchev–Trinajstić information content (AvgIpc) is 3.39. The zero-order chi connectivity index (χ0) is 22.6. The number of carbonyl (C=O) groups is 2. The molecule has 2 aliphatic heterocycles. The summed E-state index contributed by atoms with van der Waals surface area (Å²) in [6.45, 7) is 2.32. The maximum atomic E-state index is 12.6. The van der Waals surface area contributed by atoms with Crippen LogP contribution in [0.15, 0.2) is 47.8 Å². The molecule has 1 aromatic carbocycles. The number of anilines is 1. The second kappa shape index (κ2) is 9.61. The maximum absolute atomic E-state index is 12.6. The van der Waals surface area contributed by atoms with E-state index in [-0.39, 0.29) is 22.3 Å². The summed E-state index contributed by atoms with van der Waals surface area (Å²) in [5.74, 6) is -0.359. The smallest absolute Gasteiger partial charge is 0.269 e. The van der Waals surface area contributed by atoms with E-state index in [2.05, 4.69) is 20.8 Å². The van der Waals surface area contributed by atoms with Crippen LogP contribution in [0.2, 0.25) is 0 Å². The zero-order valence-electron chi connectivity index (χ0n) is 17.6. The van der Waals surface area contributed by atoms with Gasteiger partial charge in [0.2, 0.25) is 15.9 Å². The van der Waals surface area contributed by atoms with Crippen LogP contribution in [-0.4, -0.2) is 60.7 Å². The Hall–Kier alpha value is -3.05. The molecule has 11 heteroatoms. The Bertz CT molecular complexity index is 1060. The van der Waals surface area contributed by atoms with Crippen molar-refractivity contribution >= 4 is 27.7 Å². The Balaban J connectivity index is 1.32. The van der Waals surface area contributed by atoms with Crippen LogP contribution in [-0.2, 0) is 14.8 Å². The predicted octanol–water partition coefficient (Wildman–Crippen LogP) is 0.939. The number of hydrogen-bond acceptors (Lipinski definition) is 7. The number of nitrogens with zero attached hydrogens (tertiary/aromatic N) is 4. The second-order valence-electron chi connectivity index (χ2n) is 7.93. The molecule has 2 N–H and O–H groups in total. The lowest BCUT2D eigenvalue weighted by atomic mass is 9.97. The number of nitrogens with one attached hydrogen (secondary N) is 2. The third-order valence-electron chi connectivity index (χ3n) is 5.78. The summed E-state index contributed by atoms with van der Waals surface area (Å²) in [5, 5.41) is 0. The molecule has 0 bridgehead atoms. The van der Waals surface area contributed by atoms with E-state index in [1.165, 1.54) is 28.6 Å². The first-order chi connectivity index (χ1) is 15.4. The molecule has 1 unspecified atom stereocenters. The van der Waals surface area contributed by atoms with Crippen LogP contribution in [0.1, 0.15) is 36.0 Å². The lowest BCUT2D eigenvalue weighted by Crippen LogP contribution is -2.49. The van der Waals surface area contributed by atoms with Crippen molar-refractivity contribution in [3.05, 3.63) is 48.4 Å². The summed E-state index contributed by atoms with van der Waals surface area (Å²) in [6.07, 6.45) is 8.13. The molecule has 2 amide bonds. The van der Waals surface area contributed by atoms with E-state index in [9.17, 15) is 18.0 Å². The summed E-state index contributed by atoms with van der Waals surface area (Å²) in [7, 11) is -3.53. The first-order valence-electron chi connectivity index (χ1n) is 10.7. The Morgan fingerprint density at radius 1 is 0.969 bits per heavy atom. The molecule has 2 aromatic rings. The molecular weight excluding hydrogens is 432 g/mol. The number of sulfonamides is 1. The van der Waals surface area contributed by atoms with Gasteiger partial charge < -0.3 is 4.90 Å². The Labute approximate surface area is 187 Å². The second-order valence-corrected chi connectivity index (χ2v) is 9.87. The number of hydrogen-bond donors (Lipinski definition) is 2. The number of rotatable bonds is 5. The highest BCUT2D eigenvalue weighted by molar-refractivity contribution is 7.89. The number of aromatic nitrogens is 2. The van der Waals surface area contributed by atoms with Crippen LogP contribution >= 0.6 is 0 Å². The van der Waals surface area contributed by atoms with Gasteiger partial charge in [-0.05, 0) is 49.9 Å². The number of carbonyl (C=O) groups excluding carboxylic acids is 2. The third-order valence-corrected chi connectivity index (χ3v) is 7.70. The first-order valence-corrected chi connectivity index (χ1v) is 12.1. The Morgan fingerprint density at radius 2 is 1.72 bits per heavy atom. The quantitative estimate of drug-likeness (QED) is 0.639. The largest absolute Gasteiger partial charge is 0.355 e. The third kappa shape index (κ3) is 4.89. The van der Waals surface area contributed by atoms with Crippen LogP contribution in [0, 0.1) is 5.92 Å². The van der Waals surface area contributed by atoms with Crippen molar-refractivity contribution < 1.29 is 18.0 Å². The minimum atomic E-state index is -3.53. The van der Waals surface area contributed by atoms with Crippen molar-refractivity contribution in [1.29, 1.82) is 0 Å². The molecule has 3 heterocycles. The van der Waals surface area contributed by atoms with E-state index in [1.54, 1.807) is 18.6 Å². The highest BCUT2D eigenvalue weighted by Crippen LogP contribution is 2.22. The van der Waals surface area contributed by atoms with Gasteiger partial charge in [0.05, 0.1) is 17.0 Å². The van der Waals surface area contributed by atoms with Crippen LogP contribution in [0.3, 0.4) is 0 Å². The summed E-state index contributed by atoms with van der Waals surface area (Å²) in [4.78, 5) is 35.5. The molecule has 2 fully saturated rings. The van der Waals surface area contributed by atoms with E-state index >= 15 is 0 Å². The summed E-state index contributed by atoms with van der Waals surface area (Å²) in [5.41, 5.74) is 5.16. The molecule has 0 spiro atoms. The Kier molecular flexibility index (Phi) is 6.66. The minimum absolute atomic E-state index is 0.159. The summed E-state index contributed by atoms with van der Waals surface area (Å²) >= 11 is 0. The molecule has 4 rings (SSSR count). The van der Waals surface area contributed by atoms with Gasteiger partial charge >= 0.3 is 0 Å². The van der Waals surface area contributed by atoms with Crippen molar-refractivity contribution in [3.8, 4) is 0 Å². The van der Waals surface area contributed by atoms with Gasteiger partial charge in [0.25, 0.3) is 5.91 Å². The molecule has 0 radical (unpaired) electrons. The van der Waals surface area contributed by atoms with Gasteiger partial charge in [0.1, 0.15) is 5.82 Å². The molecule has 2 aliphatic rings. The molecule has 2 saturated heterocycles. The molecule has 0 saturated carbocycles. The number of hydrazine groups is 1. The van der Waals surface area contributed by atoms with Crippen LogP contribution in [0.4, 0.5) is 5.82 Å². The van der Waals surface area contributed by atoms with Gasteiger partial charge in [-0.25, -0.2) is 13.4 Å². The van der Waals surface area contributed by atoms with Crippen molar-refractivity contribution in [2.75, 3.05) is 31.1 Å². The standard InChI is InChI=1S/C21H26N6O4S/c28-20(16-5-7-18(8-6-16)32(30,31)27-12-1-2-13-27)24-25-21(29)17-4-3-11-26(15-17)19-14-22-9-10-23-19/h5-10,14,17H,1-4,11-13,15H2,(H,24,28)(H,25,29). The van der Waals surface area contributed by atoms with Gasteiger partial charge in [-0.15, -0.1) is 0 Å². The fourth-order valence-electron chi connectivity index (χ4n) is 4.00. The molecular formula is C21H26N6O4S. The predicted molar refractivity (Wildman–Crippen MR) is 117 cm³/mol. The minimum Gasteiger partial charge on any atom is -0.355 e. The van der Waals surface area contributed by atoms with Gasteiger partial charge in [-0.3, -0.25) is 25.4 Å². The van der Waals surface area contributed by atoms with E-state index in [0.29, 0.717) is 26.1 Å². The molecule has 1 aromatic heterocycles. The summed E-state index contributed by atoms with van der Waals surface area (Å²) in [6, 6.07) is 5.73. The molecule has 32 heavy (non-hydrogen) atoms. The topological polar surface area (TPSA) is 125 Å². The number of piperidine rings is 1. The average molecular weight is 459 g/mol. The van der Waals surface area contributed by atoms with Crippen molar-refractivity contribution in [1.82, 2.24) is 25.1 Å². The van der Waals surface area contributed by atoms with Crippen LogP contribution < -0.4 is 15.8 Å². The van der Waals surface area contributed by atoms with E-state index in [0.717, 1.165) is 31.6 Å². The fourth-order valence-corrected chi connectivity index (χ4v) is 5.52. The monoisotopic (exact) mass is 458 g/mol. The van der Waals surface area contributed by atoms with E-state index < -0.39 is 15.9 Å². The summed E-state index contributed by atoms with van der Waals surface area (Å²) < 4.78 is 26.6. The lowest BCUT2D eigenvalue weighted by molar-refractivity contribution is -0.126. The van der Waals surface area contributed by atoms with Gasteiger partial charge in [0.15, 0.2) is 0 Å². The SMILES string of the molecule is O=C(NNC(=O)C1CCCN(c2cnccn2)C1)c1ccc(S(=O)(=O)N2CCCC2)cc1. The lowest BCUT2D eigenvalue weighted by Gasteiger charge is -2.32. The fraction of sp³-hybridized carbons (Fsp3) is 0.429. The maximum Gasteiger partial charge on any atom is 0.269 e. The van der Waals surface area contributed by atoms with Gasteiger partial charge in [-0.1, -0.05) is 0 Å². The number of amides is 2. The molecule has 1 atom stereocenters. The highest BCUT2D eigenvalue weighted by atomic mass is 32.2. The first kappa shape index (κ1) is 22.2. The van der Waals surface area contributed by atoms with E-state index in [4.69, 9.17) is 0 Å². The van der Waals surface area contributed by atoms with Crippen molar-refractivity contribution in [2.45, 2.75) is 30.6 Å². The Morgan fingerprint density at radius 3 is 2.41 bits per heavy atom. The van der Waals surface area contributed by atoms with Gasteiger partial charge in [-0.2, -0.15) is 4.31 Å². The van der Waals surface area contributed by atoms with Crippen molar-refractivity contribution in [2.24, 2.45) is 5.92 Å². The normalized spacial score (nSPS) is 19.5. The van der Waals surface area contributed by atoms with Gasteiger partial charge in [0, 0.05) is 44.1 Å². The highest BCUT2D eigenvalue weighted by Gasteiger charge is 2.28. The van der Waals surface area contributed by atoms with Crippen LogP contribution in [0.5, 0.6) is 0 Å². The zero-order valence-corrected chi connectivity index (χ0v) is 18.4. The van der Waals surface area contributed by atoms with Crippen LogP contribution in [0.25, 0.3) is 0 Å². The van der Waals surface area contributed by atoms with E-state index in [1.807, 2.05) is 4.90 Å². The molecule has 170 valence electrons. The molecule has 0 aliphatic carbocycles. The number of benzene rings is 1.